The van der Waals surface area contributed by atoms with Crippen LogP contribution in [0.4, 0.5) is 11.4 Å². The first kappa shape index (κ1) is 25.7. The Morgan fingerprint density at radius 3 is 2.53 bits per heavy atom. The van der Waals surface area contributed by atoms with Gasteiger partial charge in [0.15, 0.2) is 6.61 Å². The van der Waals surface area contributed by atoms with Crippen molar-refractivity contribution in [3.63, 3.8) is 0 Å². The van der Waals surface area contributed by atoms with Crippen molar-refractivity contribution < 1.29 is 19.1 Å². The van der Waals surface area contributed by atoms with E-state index in [2.05, 4.69) is 26.6 Å². The van der Waals surface area contributed by atoms with Crippen LogP contribution < -0.4 is 20.3 Å². The van der Waals surface area contributed by atoms with Crippen molar-refractivity contribution in [2.75, 3.05) is 29.9 Å². The van der Waals surface area contributed by atoms with E-state index in [0.29, 0.717) is 35.2 Å². The van der Waals surface area contributed by atoms with Gasteiger partial charge in [0.25, 0.3) is 5.91 Å². The number of anilines is 2. The predicted molar refractivity (Wildman–Crippen MR) is 143 cm³/mol. The molecule has 7 nitrogen and oxygen atoms in total. The molecule has 0 saturated carbocycles. The number of carbonyl (C=O) groups excluding carboxylic acids is 3. The molecule has 1 heterocycles. The van der Waals surface area contributed by atoms with Crippen molar-refractivity contribution in [1.29, 1.82) is 0 Å². The molecule has 4 rings (SSSR count). The summed E-state index contributed by atoms with van der Waals surface area (Å²) in [5.74, 6) is -0.466. The Bertz CT molecular complexity index is 1240. The van der Waals surface area contributed by atoms with E-state index >= 15 is 0 Å². The van der Waals surface area contributed by atoms with Crippen LogP contribution >= 0.6 is 27.5 Å². The minimum absolute atomic E-state index is 0.0994. The monoisotopic (exact) mass is 569 g/mol. The summed E-state index contributed by atoms with van der Waals surface area (Å²) < 4.78 is 6.37. The number of hydrogen-bond donors (Lipinski definition) is 2. The number of nitrogens with zero attached hydrogens (tertiary/aromatic N) is 1. The summed E-state index contributed by atoms with van der Waals surface area (Å²) in [6.45, 7) is 0.660. The van der Waals surface area contributed by atoms with Gasteiger partial charge in [-0.05, 0) is 54.4 Å². The van der Waals surface area contributed by atoms with E-state index < -0.39 is 5.92 Å². The lowest BCUT2D eigenvalue weighted by atomic mass is 10.1. The fraction of sp³-hybridized carbons (Fsp3) is 0.222. The highest BCUT2D eigenvalue weighted by atomic mass is 79.9. The molecule has 0 aromatic heterocycles. The van der Waals surface area contributed by atoms with E-state index in [1.807, 2.05) is 30.3 Å². The molecule has 2 N–H and O–H groups in total. The van der Waals surface area contributed by atoms with Gasteiger partial charge in [0.05, 0.1) is 16.6 Å². The van der Waals surface area contributed by atoms with Gasteiger partial charge in [0.2, 0.25) is 11.8 Å². The van der Waals surface area contributed by atoms with Crippen molar-refractivity contribution in [2.24, 2.45) is 5.92 Å². The normalized spacial score (nSPS) is 15.0. The Labute approximate surface area is 222 Å². The SMILES string of the molecule is O=C(COc1ccc(N2C[C@@H](C(=O)NCCc3ccccc3)CC2=O)cc1)Nc1ccc(Br)cc1Cl. The van der Waals surface area contributed by atoms with Gasteiger partial charge in [-0.3, -0.25) is 14.4 Å². The first-order valence-corrected chi connectivity index (χ1v) is 12.7. The molecule has 0 radical (unpaired) electrons. The van der Waals surface area contributed by atoms with Crippen LogP contribution in [0.2, 0.25) is 5.02 Å². The fourth-order valence-electron chi connectivity index (χ4n) is 3.90. The number of rotatable bonds is 9. The number of hydrogen-bond acceptors (Lipinski definition) is 4. The number of benzene rings is 3. The topological polar surface area (TPSA) is 87.7 Å². The van der Waals surface area contributed by atoms with Gasteiger partial charge in [-0.2, -0.15) is 0 Å². The number of ether oxygens (including phenoxy) is 1. The maximum atomic E-state index is 12.6. The summed E-state index contributed by atoms with van der Waals surface area (Å²) in [5.41, 5.74) is 2.33. The number of carbonyl (C=O) groups is 3. The van der Waals surface area contributed by atoms with Gasteiger partial charge in [0, 0.05) is 29.7 Å². The van der Waals surface area contributed by atoms with E-state index in [1.165, 1.54) is 0 Å². The van der Waals surface area contributed by atoms with Crippen LogP contribution in [0.5, 0.6) is 5.75 Å². The molecule has 0 unspecified atom stereocenters. The number of halogens is 2. The molecule has 0 aliphatic carbocycles. The van der Waals surface area contributed by atoms with Gasteiger partial charge >= 0.3 is 0 Å². The maximum Gasteiger partial charge on any atom is 0.262 e. The summed E-state index contributed by atoms with van der Waals surface area (Å²) in [5, 5.41) is 6.06. The van der Waals surface area contributed by atoms with Crippen molar-refractivity contribution in [3.8, 4) is 5.75 Å². The lowest BCUT2D eigenvalue weighted by Crippen LogP contribution is -2.34. The van der Waals surface area contributed by atoms with Crippen molar-refractivity contribution >= 4 is 56.6 Å². The highest BCUT2D eigenvalue weighted by Gasteiger charge is 2.34. The highest BCUT2D eigenvalue weighted by molar-refractivity contribution is 9.10. The third-order valence-corrected chi connectivity index (χ3v) is 6.58. The Morgan fingerprint density at radius 1 is 1.06 bits per heavy atom. The number of amides is 3. The first-order valence-electron chi connectivity index (χ1n) is 11.5. The zero-order valence-electron chi connectivity index (χ0n) is 19.4. The second kappa shape index (κ2) is 12.1. The minimum atomic E-state index is -0.390. The quantitative estimate of drug-likeness (QED) is 0.386. The first-order chi connectivity index (χ1) is 17.4. The fourth-order valence-corrected chi connectivity index (χ4v) is 4.62. The average Bonchev–Trinajstić information content (AvgIpc) is 3.27. The second-order valence-electron chi connectivity index (χ2n) is 8.39. The summed E-state index contributed by atoms with van der Waals surface area (Å²) in [4.78, 5) is 38.9. The minimum Gasteiger partial charge on any atom is -0.484 e. The van der Waals surface area contributed by atoms with Crippen LogP contribution in [-0.2, 0) is 20.8 Å². The van der Waals surface area contributed by atoms with E-state index in [4.69, 9.17) is 16.3 Å². The standard InChI is InChI=1S/C27H25BrClN3O4/c28-20-6-11-24(23(29)15-20)31-25(33)17-36-22-9-7-21(8-10-22)32-16-19(14-26(32)34)27(35)30-13-12-18-4-2-1-3-5-18/h1-11,15,19H,12-14,16-17H2,(H,30,35)(H,31,33)/t19-/m0/s1. The molecule has 0 bridgehead atoms. The summed E-state index contributed by atoms with van der Waals surface area (Å²) >= 11 is 9.44. The molecule has 1 fully saturated rings. The molecule has 3 amide bonds. The summed E-state index contributed by atoms with van der Waals surface area (Å²) in [7, 11) is 0. The van der Waals surface area contributed by atoms with Crippen molar-refractivity contribution in [3.05, 3.63) is 87.9 Å². The van der Waals surface area contributed by atoms with Crippen LogP contribution in [0, 0.1) is 5.92 Å². The Hall–Kier alpha value is -3.36. The van der Waals surface area contributed by atoms with E-state index in [-0.39, 0.29) is 30.7 Å². The molecule has 0 spiro atoms. The van der Waals surface area contributed by atoms with Crippen LogP contribution in [0.15, 0.2) is 77.3 Å². The van der Waals surface area contributed by atoms with Crippen molar-refractivity contribution in [2.45, 2.75) is 12.8 Å². The van der Waals surface area contributed by atoms with E-state index in [0.717, 1.165) is 16.5 Å². The van der Waals surface area contributed by atoms with Crippen LogP contribution in [0.3, 0.4) is 0 Å². The predicted octanol–water partition coefficient (Wildman–Crippen LogP) is 4.83. The maximum absolute atomic E-state index is 12.6. The van der Waals surface area contributed by atoms with Crippen LogP contribution in [0.1, 0.15) is 12.0 Å². The highest BCUT2D eigenvalue weighted by Crippen LogP contribution is 2.28. The van der Waals surface area contributed by atoms with Gasteiger partial charge < -0.3 is 20.3 Å². The molecular weight excluding hydrogens is 546 g/mol. The lowest BCUT2D eigenvalue weighted by Gasteiger charge is -2.17. The molecule has 9 heteroatoms. The molecule has 36 heavy (non-hydrogen) atoms. The van der Waals surface area contributed by atoms with Crippen LogP contribution in [-0.4, -0.2) is 37.4 Å². The molecule has 1 aliphatic rings. The molecule has 1 aliphatic heterocycles. The second-order valence-corrected chi connectivity index (χ2v) is 9.71. The number of nitrogens with one attached hydrogen (secondary N) is 2. The molecular formula is C27H25BrClN3O4. The Balaban J connectivity index is 1.24. The van der Waals surface area contributed by atoms with Crippen LogP contribution in [0.25, 0.3) is 0 Å². The molecule has 3 aromatic carbocycles. The third kappa shape index (κ3) is 6.86. The molecule has 3 aromatic rings. The van der Waals surface area contributed by atoms with Gasteiger partial charge in [-0.1, -0.05) is 57.9 Å². The summed E-state index contributed by atoms with van der Waals surface area (Å²) in [6.07, 6.45) is 0.917. The third-order valence-electron chi connectivity index (χ3n) is 5.78. The zero-order chi connectivity index (χ0) is 25.5. The van der Waals surface area contributed by atoms with Gasteiger partial charge in [-0.25, -0.2) is 0 Å². The molecule has 1 atom stereocenters. The lowest BCUT2D eigenvalue weighted by molar-refractivity contribution is -0.126. The summed E-state index contributed by atoms with van der Waals surface area (Å²) in [6, 6.07) is 22.0. The zero-order valence-corrected chi connectivity index (χ0v) is 21.7. The van der Waals surface area contributed by atoms with E-state index in [9.17, 15) is 14.4 Å². The van der Waals surface area contributed by atoms with Gasteiger partial charge in [0.1, 0.15) is 5.75 Å². The average molecular weight is 571 g/mol. The molecule has 1 saturated heterocycles. The Morgan fingerprint density at radius 2 is 1.81 bits per heavy atom. The Kier molecular flexibility index (Phi) is 8.61. The smallest absolute Gasteiger partial charge is 0.262 e. The van der Waals surface area contributed by atoms with E-state index in [1.54, 1.807) is 47.4 Å². The largest absolute Gasteiger partial charge is 0.484 e. The van der Waals surface area contributed by atoms with Gasteiger partial charge in [-0.15, -0.1) is 0 Å². The molecule has 186 valence electrons. The van der Waals surface area contributed by atoms with Crippen molar-refractivity contribution in [1.82, 2.24) is 5.32 Å².